The predicted molar refractivity (Wildman–Crippen MR) is 68.9 cm³/mol. The molecule has 2 atom stereocenters. The molecule has 0 aliphatic carbocycles. The summed E-state index contributed by atoms with van der Waals surface area (Å²) >= 11 is 11.7. The van der Waals surface area contributed by atoms with Crippen molar-refractivity contribution in [3.63, 3.8) is 0 Å². The summed E-state index contributed by atoms with van der Waals surface area (Å²) in [5.41, 5.74) is 0. The maximum absolute atomic E-state index is 6.21. The van der Waals surface area contributed by atoms with Crippen LogP contribution in [0.25, 0.3) is 0 Å². The normalized spacial score (nSPS) is 28.8. The Balaban J connectivity index is 1.93. The average Bonchev–Trinajstić information content (AvgIpc) is 2.78. The van der Waals surface area contributed by atoms with Crippen molar-refractivity contribution in [2.45, 2.75) is 17.7 Å². The zero-order valence-electron chi connectivity index (χ0n) is 7.99. The van der Waals surface area contributed by atoms with Crippen molar-refractivity contribution in [2.75, 3.05) is 17.2 Å². The van der Waals surface area contributed by atoms with Crippen LogP contribution in [0.15, 0.2) is 16.7 Å². The highest BCUT2D eigenvalue weighted by molar-refractivity contribution is 9.10. The largest absolute Gasteiger partial charge is 0.350 e. The van der Waals surface area contributed by atoms with Gasteiger partial charge in [0.25, 0.3) is 0 Å². The zero-order chi connectivity index (χ0) is 10.4. The molecular weight excluding hydrogens is 296 g/mol. The molecule has 0 spiro atoms. The highest BCUT2D eigenvalue weighted by atomic mass is 79.9. The van der Waals surface area contributed by atoms with Crippen LogP contribution in [0.4, 0.5) is 5.82 Å². The number of nitrogens with zero attached hydrogens (tertiary/aromatic N) is 2. The molecule has 2 aliphatic heterocycles. The molecule has 3 heterocycles. The second-order valence-electron chi connectivity index (χ2n) is 3.96. The molecule has 2 bridgehead atoms. The number of halogens is 2. The third-order valence-corrected chi connectivity index (χ3v) is 5.06. The lowest BCUT2D eigenvalue weighted by Gasteiger charge is -2.28. The maximum Gasteiger partial charge on any atom is 0.147 e. The van der Waals surface area contributed by atoms with E-state index in [1.54, 1.807) is 0 Å². The van der Waals surface area contributed by atoms with Crippen LogP contribution in [0.3, 0.4) is 0 Å². The second kappa shape index (κ2) is 3.82. The van der Waals surface area contributed by atoms with Gasteiger partial charge in [0.2, 0.25) is 0 Å². The van der Waals surface area contributed by atoms with Crippen LogP contribution in [0, 0.1) is 0 Å². The first kappa shape index (κ1) is 10.2. The van der Waals surface area contributed by atoms with Crippen molar-refractivity contribution >= 4 is 45.1 Å². The number of thioether (sulfide) groups is 1. The number of aromatic nitrogens is 1. The Kier molecular flexibility index (Phi) is 2.61. The van der Waals surface area contributed by atoms with E-state index in [4.69, 9.17) is 11.6 Å². The molecule has 1 aromatic rings. The lowest BCUT2D eigenvalue weighted by Crippen LogP contribution is -2.34. The van der Waals surface area contributed by atoms with Crippen LogP contribution in [0.1, 0.15) is 6.42 Å². The third kappa shape index (κ3) is 1.77. The maximum atomic E-state index is 6.21. The van der Waals surface area contributed by atoms with Crippen molar-refractivity contribution in [1.82, 2.24) is 4.98 Å². The molecule has 15 heavy (non-hydrogen) atoms. The van der Waals surface area contributed by atoms with Crippen LogP contribution in [0.2, 0.25) is 5.02 Å². The van der Waals surface area contributed by atoms with Gasteiger partial charge in [0, 0.05) is 34.3 Å². The second-order valence-corrected chi connectivity index (χ2v) is 6.61. The molecule has 0 saturated carbocycles. The minimum absolute atomic E-state index is 0.645. The van der Waals surface area contributed by atoms with Gasteiger partial charge in [0.15, 0.2) is 0 Å². The lowest BCUT2D eigenvalue weighted by atomic mass is 10.2. The van der Waals surface area contributed by atoms with Crippen LogP contribution < -0.4 is 4.90 Å². The fraction of sp³-hybridized carbons (Fsp3) is 0.500. The average molecular weight is 306 g/mol. The van der Waals surface area contributed by atoms with E-state index in [0.29, 0.717) is 6.04 Å². The van der Waals surface area contributed by atoms with E-state index in [1.165, 1.54) is 12.2 Å². The van der Waals surface area contributed by atoms with Crippen LogP contribution in [-0.2, 0) is 0 Å². The molecule has 0 aromatic carbocycles. The molecule has 2 aliphatic rings. The molecule has 5 heteroatoms. The first-order valence-electron chi connectivity index (χ1n) is 4.93. The Bertz CT molecular complexity index is 401. The fourth-order valence-corrected chi connectivity index (χ4v) is 4.45. The van der Waals surface area contributed by atoms with Gasteiger partial charge >= 0.3 is 0 Å². The van der Waals surface area contributed by atoms with Gasteiger partial charge < -0.3 is 4.90 Å². The number of hydrogen-bond donors (Lipinski definition) is 0. The van der Waals surface area contributed by atoms with E-state index in [0.717, 1.165) is 27.1 Å². The van der Waals surface area contributed by atoms with Crippen molar-refractivity contribution in [1.29, 1.82) is 0 Å². The number of anilines is 1. The highest BCUT2D eigenvalue weighted by Gasteiger charge is 2.39. The minimum atomic E-state index is 0.645. The number of rotatable bonds is 1. The van der Waals surface area contributed by atoms with E-state index in [9.17, 15) is 0 Å². The van der Waals surface area contributed by atoms with Gasteiger partial charge in [0.1, 0.15) is 5.82 Å². The summed E-state index contributed by atoms with van der Waals surface area (Å²) in [5.74, 6) is 2.17. The van der Waals surface area contributed by atoms with Gasteiger partial charge in [-0.05, 0) is 28.4 Å². The van der Waals surface area contributed by atoms with Gasteiger partial charge in [-0.25, -0.2) is 4.98 Å². The molecule has 80 valence electrons. The predicted octanol–water partition coefficient (Wildman–Crippen LogP) is 3.19. The molecular formula is C10H10BrClN2S. The van der Waals surface area contributed by atoms with Crippen LogP contribution in [0.5, 0.6) is 0 Å². The molecule has 1 aromatic heterocycles. The summed E-state index contributed by atoms with van der Waals surface area (Å²) in [6.07, 6.45) is 3.11. The summed E-state index contributed by atoms with van der Waals surface area (Å²) in [4.78, 5) is 6.77. The summed E-state index contributed by atoms with van der Waals surface area (Å²) < 4.78 is 0.940. The topological polar surface area (TPSA) is 16.1 Å². The monoisotopic (exact) mass is 304 g/mol. The standard InChI is InChI=1S/C10H10BrClN2S/c11-6-1-9(12)10(13-3-6)14-4-8-2-7(14)5-15-8/h1,3,7-8H,2,4-5H2. The molecule has 0 radical (unpaired) electrons. The first-order chi connectivity index (χ1) is 7.24. The van der Waals surface area contributed by atoms with E-state index < -0.39 is 0 Å². The van der Waals surface area contributed by atoms with Crippen LogP contribution >= 0.6 is 39.3 Å². The highest BCUT2D eigenvalue weighted by Crippen LogP contribution is 2.41. The van der Waals surface area contributed by atoms with Gasteiger partial charge in [-0.1, -0.05) is 11.6 Å². The SMILES string of the molecule is Clc1cc(Br)cnc1N1CC2CC1CS2. The zero-order valence-corrected chi connectivity index (χ0v) is 11.1. The number of pyridine rings is 1. The van der Waals surface area contributed by atoms with Crippen molar-refractivity contribution in [2.24, 2.45) is 0 Å². The Morgan fingerprint density at radius 2 is 2.47 bits per heavy atom. The Morgan fingerprint density at radius 3 is 3.07 bits per heavy atom. The lowest BCUT2D eigenvalue weighted by molar-refractivity contribution is 0.752. The Labute approximate surface area is 107 Å². The molecule has 0 amide bonds. The molecule has 2 unspecified atom stereocenters. The van der Waals surface area contributed by atoms with Crippen molar-refractivity contribution < 1.29 is 0 Å². The third-order valence-electron chi connectivity index (χ3n) is 2.96. The van der Waals surface area contributed by atoms with E-state index in [1.807, 2.05) is 12.3 Å². The summed E-state index contributed by atoms with van der Waals surface area (Å²) in [5, 5.41) is 1.54. The number of fused-ring (bicyclic) bond motifs is 2. The molecule has 2 nitrogen and oxygen atoms in total. The van der Waals surface area contributed by atoms with Gasteiger partial charge in [-0.15, -0.1) is 0 Å². The Hall–Kier alpha value is 0.0700. The fourth-order valence-electron chi connectivity index (χ4n) is 2.28. The molecule has 0 N–H and O–H groups in total. The summed E-state index contributed by atoms with van der Waals surface area (Å²) in [6, 6.07) is 2.56. The quantitative estimate of drug-likeness (QED) is 0.793. The minimum Gasteiger partial charge on any atom is -0.350 e. The molecule has 2 saturated heterocycles. The van der Waals surface area contributed by atoms with E-state index in [-0.39, 0.29) is 0 Å². The van der Waals surface area contributed by atoms with Crippen molar-refractivity contribution in [3.05, 3.63) is 21.8 Å². The Morgan fingerprint density at radius 1 is 1.60 bits per heavy atom. The van der Waals surface area contributed by atoms with Gasteiger partial charge in [-0.2, -0.15) is 11.8 Å². The van der Waals surface area contributed by atoms with Crippen molar-refractivity contribution in [3.8, 4) is 0 Å². The van der Waals surface area contributed by atoms with Gasteiger partial charge in [0.05, 0.1) is 5.02 Å². The summed E-state index contributed by atoms with van der Waals surface area (Å²) in [6.45, 7) is 1.10. The first-order valence-corrected chi connectivity index (χ1v) is 7.15. The van der Waals surface area contributed by atoms with E-state index in [2.05, 4.69) is 37.6 Å². The smallest absolute Gasteiger partial charge is 0.147 e. The molecule has 2 fully saturated rings. The number of hydrogen-bond acceptors (Lipinski definition) is 3. The van der Waals surface area contributed by atoms with Crippen LogP contribution in [-0.4, -0.2) is 28.6 Å². The molecule has 3 rings (SSSR count). The van der Waals surface area contributed by atoms with Gasteiger partial charge in [-0.3, -0.25) is 0 Å². The van der Waals surface area contributed by atoms with E-state index >= 15 is 0 Å². The summed E-state index contributed by atoms with van der Waals surface area (Å²) in [7, 11) is 0.